The summed E-state index contributed by atoms with van der Waals surface area (Å²) in [6.45, 7) is 3.17. The van der Waals surface area contributed by atoms with E-state index in [4.69, 9.17) is 0 Å². The fraction of sp³-hybridized carbons (Fsp3) is 0.130. The van der Waals surface area contributed by atoms with Crippen LogP contribution < -0.4 is 4.57 Å². The van der Waals surface area contributed by atoms with Crippen LogP contribution in [0.25, 0.3) is 28.2 Å². The third kappa shape index (κ3) is 1.72. The van der Waals surface area contributed by atoms with Crippen LogP contribution in [0.2, 0.25) is 0 Å². The predicted molar refractivity (Wildman–Crippen MR) is 101 cm³/mol. The van der Waals surface area contributed by atoms with Gasteiger partial charge in [0, 0.05) is 29.9 Å². The van der Waals surface area contributed by atoms with Gasteiger partial charge >= 0.3 is 0 Å². The first kappa shape index (κ1) is 14.0. The molecular formula is C23H18N3+. The Balaban J connectivity index is 1.67. The third-order valence-electron chi connectivity index (χ3n) is 5.76. The van der Waals surface area contributed by atoms with Gasteiger partial charge in [-0.2, -0.15) is 4.57 Å². The highest BCUT2D eigenvalue weighted by Crippen LogP contribution is 2.42. The van der Waals surface area contributed by atoms with E-state index in [1.54, 1.807) is 0 Å². The summed E-state index contributed by atoms with van der Waals surface area (Å²) in [6.07, 6.45) is 9.31. The Morgan fingerprint density at radius 2 is 1.88 bits per heavy atom. The molecule has 2 aromatic heterocycles. The molecule has 1 aliphatic heterocycles. The number of hydrogen-bond acceptors (Lipinski definition) is 1. The molecule has 0 bridgehead atoms. The quantitative estimate of drug-likeness (QED) is 0.415. The SMILES string of the molecule is Cc1ccc2c(c1-n1cc[n+]3c1-c1ccccc1C3)-c1ccncc1C2. The van der Waals surface area contributed by atoms with Gasteiger partial charge in [0.2, 0.25) is 0 Å². The molecule has 0 atom stereocenters. The van der Waals surface area contributed by atoms with Gasteiger partial charge in [-0.1, -0.05) is 30.3 Å². The molecular weight excluding hydrogens is 318 g/mol. The van der Waals surface area contributed by atoms with Gasteiger partial charge in [0.15, 0.2) is 0 Å². The third-order valence-corrected chi connectivity index (χ3v) is 5.76. The summed E-state index contributed by atoms with van der Waals surface area (Å²) in [4.78, 5) is 4.33. The lowest BCUT2D eigenvalue weighted by molar-refractivity contribution is -0.671. The molecule has 6 rings (SSSR count). The normalized spacial score (nSPS) is 13.3. The molecule has 0 unspecified atom stereocenters. The minimum atomic E-state index is 0.951. The maximum atomic E-state index is 4.33. The minimum absolute atomic E-state index is 0.951. The second-order valence-electron chi connectivity index (χ2n) is 7.25. The number of rotatable bonds is 1. The van der Waals surface area contributed by atoms with Crippen molar-refractivity contribution in [3.05, 3.63) is 89.5 Å². The Bertz CT molecular complexity index is 1200. The highest BCUT2D eigenvalue weighted by molar-refractivity contribution is 5.85. The molecule has 2 aliphatic rings. The van der Waals surface area contributed by atoms with Crippen LogP contribution in [0.5, 0.6) is 0 Å². The van der Waals surface area contributed by atoms with E-state index >= 15 is 0 Å². The molecule has 3 heterocycles. The topological polar surface area (TPSA) is 21.7 Å². The van der Waals surface area contributed by atoms with Crippen molar-refractivity contribution in [3.63, 3.8) is 0 Å². The summed E-state index contributed by atoms with van der Waals surface area (Å²) in [5, 5.41) is 0. The number of pyridine rings is 1. The lowest BCUT2D eigenvalue weighted by Gasteiger charge is -2.11. The summed E-state index contributed by atoms with van der Waals surface area (Å²) in [7, 11) is 0. The lowest BCUT2D eigenvalue weighted by atomic mass is 10.00. The average molecular weight is 336 g/mol. The second kappa shape index (κ2) is 4.92. The first-order valence-corrected chi connectivity index (χ1v) is 9.06. The monoisotopic (exact) mass is 336 g/mol. The standard InChI is InChI=1S/C23H18N3/c1-15-6-7-16-12-18-13-24-9-8-19(18)21(16)22(15)26-11-10-25-14-17-4-2-3-5-20(17)23(25)26/h2-11,13H,12,14H2,1H3/q+1. The predicted octanol–water partition coefficient (Wildman–Crippen LogP) is 4.07. The van der Waals surface area contributed by atoms with Crippen molar-refractivity contribution in [2.75, 3.05) is 0 Å². The Morgan fingerprint density at radius 1 is 0.962 bits per heavy atom. The summed E-state index contributed by atoms with van der Waals surface area (Å²) in [5.74, 6) is 1.28. The van der Waals surface area contributed by atoms with Crippen LogP contribution in [0.1, 0.15) is 22.3 Å². The fourth-order valence-corrected chi connectivity index (χ4v) is 4.59. The van der Waals surface area contributed by atoms with Gasteiger partial charge in [-0.15, -0.1) is 0 Å². The molecule has 0 radical (unpaired) electrons. The van der Waals surface area contributed by atoms with E-state index in [9.17, 15) is 0 Å². The molecule has 3 nitrogen and oxygen atoms in total. The number of nitrogens with zero attached hydrogens (tertiary/aromatic N) is 3. The zero-order chi connectivity index (χ0) is 17.3. The molecule has 0 N–H and O–H groups in total. The molecule has 26 heavy (non-hydrogen) atoms. The van der Waals surface area contributed by atoms with E-state index in [2.05, 4.69) is 75.9 Å². The van der Waals surface area contributed by atoms with Crippen LogP contribution in [0.4, 0.5) is 0 Å². The Labute approximate surface area is 152 Å². The number of aryl methyl sites for hydroxylation is 1. The summed E-state index contributed by atoms with van der Waals surface area (Å²) in [6, 6.07) is 15.4. The van der Waals surface area contributed by atoms with Crippen molar-refractivity contribution in [2.24, 2.45) is 0 Å². The van der Waals surface area contributed by atoms with Crippen LogP contribution in [0, 0.1) is 6.92 Å². The molecule has 0 fully saturated rings. The van der Waals surface area contributed by atoms with E-state index in [1.807, 2.05) is 12.4 Å². The Hall–Kier alpha value is -3.20. The minimum Gasteiger partial charge on any atom is -0.264 e. The highest BCUT2D eigenvalue weighted by atomic mass is 15.2. The van der Waals surface area contributed by atoms with Crippen LogP contribution in [0.3, 0.4) is 0 Å². The van der Waals surface area contributed by atoms with Crippen LogP contribution >= 0.6 is 0 Å². The van der Waals surface area contributed by atoms with Crippen LogP contribution in [-0.2, 0) is 13.0 Å². The van der Waals surface area contributed by atoms with Crippen molar-refractivity contribution >= 4 is 0 Å². The molecule has 0 saturated heterocycles. The van der Waals surface area contributed by atoms with E-state index < -0.39 is 0 Å². The molecule has 1 aliphatic carbocycles. The van der Waals surface area contributed by atoms with E-state index in [1.165, 1.54) is 50.5 Å². The van der Waals surface area contributed by atoms with Gasteiger partial charge < -0.3 is 0 Å². The maximum Gasteiger partial charge on any atom is 0.294 e. The Morgan fingerprint density at radius 3 is 2.85 bits per heavy atom. The van der Waals surface area contributed by atoms with Gasteiger partial charge in [-0.05, 0) is 41.3 Å². The number of benzene rings is 2. The number of aromatic nitrogens is 3. The van der Waals surface area contributed by atoms with Gasteiger partial charge in [0.1, 0.15) is 24.6 Å². The van der Waals surface area contributed by atoms with Crippen LogP contribution in [0.15, 0.2) is 67.3 Å². The molecule has 3 heteroatoms. The van der Waals surface area contributed by atoms with Gasteiger partial charge in [0.25, 0.3) is 5.82 Å². The highest BCUT2D eigenvalue weighted by Gasteiger charge is 2.33. The molecule has 124 valence electrons. The molecule has 0 saturated carbocycles. The number of fused-ring (bicyclic) bond motifs is 6. The van der Waals surface area contributed by atoms with Gasteiger partial charge in [-0.3, -0.25) is 4.98 Å². The van der Waals surface area contributed by atoms with Crippen molar-refractivity contribution in [2.45, 2.75) is 19.9 Å². The largest absolute Gasteiger partial charge is 0.294 e. The number of imidazole rings is 1. The molecule has 4 aromatic rings. The first-order chi connectivity index (χ1) is 12.8. The van der Waals surface area contributed by atoms with Crippen LogP contribution in [-0.4, -0.2) is 9.55 Å². The van der Waals surface area contributed by atoms with Gasteiger partial charge in [0.05, 0.1) is 5.56 Å². The fourth-order valence-electron chi connectivity index (χ4n) is 4.59. The summed E-state index contributed by atoms with van der Waals surface area (Å²) in [5.41, 5.74) is 10.8. The zero-order valence-corrected chi connectivity index (χ0v) is 14.6. The average Bonchev–Trinajstić information content (AvgIpc) is 3.33. The molecule has 0 amide bonds. The lowest BCUT2D eigenvalue weighted by Crippen LogP contribution is -2.30. The van der Waals surface area contributed by atoms with Crippen molar-refractivity contribution < 1.29 is 4.57 Å². The number of hydrogen-bond donors (Lipinski definition) is 0. The molecule has 0 spiro atoms. The smallest absolute Gasteiger partial charge is 0.264 e. The summed E-state index contributed by atoms with van der Waals surface area (Å²) < 4.78 is 4.74. The Kier molecular flexibility index (Phi) is 2.65. The zero-order valence-electron chi connectivity index (χ0n) is 14.6. The first-order valence-electron chi connectivity index (χ1n) is 9.06. The molecule has 2 aromatic carbocycles. The van der Waals surface area contributed by atoms with Gasteiger partial charge in [-0.25, -0.2) is 4.57 Å². The van der Waals surface area contributed by atoms with E-state index in [0.29, 0.717) is 0 Å². The van der Waals surface area contributed by atoms with E-state index in [-0.39, 0.29) is 0 Å². The maximum absolute atomic E-state index is 4.33. The summed E-state index contributed by atoms with van der Waals surface area (Å²) >= 11 is 0. The van der Waals surface area contributed by atoms with Crippen molar-refractivity contribution in [3.8, 4) is 28.2 Å². The van der Waals surface area contributed by atoms with Crippen molar-refractivity contribution in [1.29, 1.82) is 0 Å². The van der Waals surface area contributed by atoms with Crippen molar-refractivity contribution in [1.82, 2.24) is 9.55 Å². The second-order valence-corrected chi connectivity index (χ2v) is 7.25. The van der Waals surface area contributed by atoms with E-state index in [0.717, 1.165) is 13.0 Å².